The lowest BCUT2D eigenvalue weighted by atomic mass is 10.4. The van der Waals surface area contributed by atoms with Crippen LogP contribution in [0.2, 0.25) is 0 Å². The monoisotopic (exact) mass is 260 g/mol. The summed E-state index contributed by atoms with van der Waals surface area (Å²) in [6.45, 7) is 3.99. The number of rotatable bonds is 6. The third-order valence-electron chi connectivity index (χ3n) is 1.92. The van der Waals surface area contributed by atoms with E-state index in [4.69, 9.17) is 16.0 Å². The highest BCUT2D eigenvalue weighted by molar-refractivity contribution is 6.17. The minimum absolute atomic E-state index is 0.0837. The number of amides is 1. The van der Waals surface area contributed by atoms with Gasteiger partial charge in [0, 0.05) is 25.4 Å². The molecule has 1 heterocycles. The standard InChI is InChI=1S/C10H17ClN4O2/c1-7(2)12-8(16)6-15(3)10-14-13-9(17-10)4-5-11/h7H,4-6H2,1-3H3,(H,12,16). The molecule has 0 saturated heterocycles. The molecule has 0 aliphatic rings. The van der Waals surface area contributed by atoms with Gasteiger partial charge in [-0.1, -0.05) is 5.10 Å². The number of nitrogens with zero attached hydrogens (tertiary/aromatic N) is 3. The van der Waals surface area contributed by atoms with Crippen LogP contribution in [0, 0.1) is 0 Å². The van der Waals surface area contributed by atoms with E-state index in [0.29, 0.717) is 24.2 Å². The Hall–Kier alpha value is -1.30. The molecule has 96 valence electrons. The number of carbonyl (C=O) groups is 1. The van der Waals surface area contributed by atoms with Gasteiger partial charge in [-0.3, -0.25) is 4.79 Å². The average Bonchev–Trinajstić information content (AvgIpc) is 2.65. The van der Waals surface area contributed by atoms with Crippen LogP contribution in [0.3, 0.4) is 0 Å². The summed E-state index contributed by atoms with van der Waals surface area (Å²) in [6, 6.07) is 0.439. The lowest BCUT2D eigenvalue weighted by molar-refractivity contribution is -0.120. The molecule has 1 rings (SSSR count). The van der Waals surface area contributed by atoms with Crippen LogP contribution in [0.5, 0.6) is 0 Å². The van der Waals surface area contributed by atoms with Gasteiger partial charge in [0.15, 0.2) is 0 Å². The first kappa shape index (κ1) is 13.8. The number of aromatic nitrogens is 2. The molecule has 0 atom stereocenters. The summed E-state index contributed by atoms with van der Waals surface area (Å²) in [6.07, 6.45) is 0.528. The molecule has 0 spiro atoms. The molecule has 17 heavy (non-hydrogen) atoms. The van der Waals surface area contributed by atoms with Crippen molar-refractivity contribution >= 4 is 23.5 Å². The lowest BCUT2D eigenvalue weighted by Gasteiger charge is -2.14. The molecule has 0 bridgehead atoms. The molecule has 0 aromatic carbocycles. The van der Waals surface area contributed by atoms with Gasteiger partial charge in [0.25, 0.3) is 0 Å². The summed E-state index contributed by atoms with van der Waals surface area (Å²) in [5.41, 5.74) is 0. The predicted molar refractivity (Wildman–Crippen MR) is 65.3 cm³/mol. The van der Waals surface area contributed by atoms with Crippen LogP contribution in [0.1, 0.15) is 19.7 Å². The summed E-state index contributed by atoms with van der Waals surface area (Å²) in [5.74, 6) is 0.824. The Kier molecular flexibility index (Phi) is 5.21. The van der Waals surface area contributed by atoms with E-state index in [1.54, 1.807) is 11.9 Å². The van der Waals surface area contributed by atoms with Crippen LogP contribution in [0.15, 0.2) is 4.42 Å². The molecule has 7 heteroatoms. The summed E-state index contributed by atoms with van der Waals surface area (Å²) in [7, 11) is 1.72. The third-order valence-corrected chi connectivity index (χ3v) is 2.11. The van der Waals surface area contributed by atoms with Crippen molar-refractivity contribution in [3.05, 3.63) is 5.89 Å². The van der Waals surface area contributed by atoms with E-state index in [2.05, 4.69) is 15.5 Å². The third kappa shape index (κ3) is 4.60. The van der Waals surface area contributed by atoms with Crippen molar-refractivity contribution in [1.29, 1.82) is 0 Å². The van der Waals surface area contributed by atoms with Crippen LogP contribution < -0.4 is 10.2 Å². The van der Waals surface area contributed by atoms with E-state index in [0.717, 1.165) is 0 Å². The molecule has 1 aromatic rings. The van der Waals surface area contributed by atoms with Crippen molar-refractivity contribution in [1.82, 2.24) is 15.5 Å². The Morgan fingerprint density at radius 3 is 2.82 bits per heavy atom. The summed E-state index contributed by atoms with van der Waals surface area (Å²) < 4.78 is 5.33. The van der Waals surface area contributed by atoms with Crippen LogP contribution >= 0.6 is 11.6 Å². The van der Waals surface area contributed by atoms with Crippen LogP contribution in [-0.2, 0) is 11.2 Å². The molecule has 0 fully saturated rings. The molecule has 0 radical (unpaired) electrons. The van der Waals surface area contributed by atoms with Crippen molar-refractivity contribution in [2.75, 3.05) is 24.4 Å². The maximum atomic E-state index is 11.5. The molecule has 0 aliphatic carbocycles. The molecule has 0 unspecified atom stereocenters. The number of halogens is 1. The summed E-state index contributed by atoms with van der Waals surface area (Å²) in [5, 5.41) is 10.4. The zero-order valence-corrected chi connectivity index (χ0v) is 11.0. The molecule has 1 amide bonds. The number of hydrogen-bond donors (Lipinski definition) is 1. The quantitative estimate of drug-likeness (QED) is 0.767. The zero-order chi connectivity index (χ0) is 12.8. The van der Waals surface area contributed by atoms with Gasteiger partial charge in [0.2, 0.25) is 11.8 Å². The van der Waals surface area contributed by atoms with Gasteiger partial charge in [-0.2, -0.15) is 0 Å². The molecule has 1 aromatic heterocycles. The predicted octanol–water partition coefficient (Wildman–Crippen LogP) is 0.812. The van der Waals surface area contributed by atoms with Crippen molar-refractivity contribution in [2.45, 2.75) is 26.3 Å². The largest absolute Gasteiger partial charge is 0.408 e. The number of anilines is 1. The lowest BCUT2D eigenvalue weighted by Crippen LogP contribution is -2.38. The van der Waals surface area contributed by atoms with Crippen LogP contribution in [0.25, 0.3) is 0 Å². The average molecular weight is 261 g/mol. The fraction of sp³-hybridized carbons (Fsp3) is 0.700. The Bertz CT molecular complexity index is 367. The van der Waals surface area contributed by atoms with E-state index in [1.165, 1.54) is 0 Å². The van der Waals surface area contributed by atoms with Gasteiger partial charge in [-0.25, -0.2) is 0 Å². The van der Waals surface area contributed by atoms with Crippen molar-refractivity contribution in [3.63, 3.8) is 0 Å². The van der Waals surface area contributed by atoms with E-state index < -0.39 is 0 Å². The van der Waals surface area contributed by atoms with Crippen molar-refractivity contribution in [3.8, 4) is 0 Å². The van der Waals surface area contributed by atoms with Gasteiger partial charge in [-0.05, 0) is 13.8 Å². The second-order valence-corrected chi connectivity index (χ2v) is 4.37. The first-order chi connectivity index (χ1) is 8.02. The first-order valence-corrected chi connectivity index (χ1v) is 5.95. The number of aryl methyl sites for hydroxylation is 1. The minimum Gasteiger partial charge on any atom is -0.408 e. The highest BCUT2D eigenvalue weighted by atomic mass is 35.5. The molecule has 0 aliphatic heterocycles. The van der Waals surface area contributed by atoms with E-state index in [1.807, 2.05) is 13.8 Å². The normalized spacial score (nSPS) is 10.6. The highest BCUT2D eigenvalue weighted by Gasteiger charge is 2.14. The Morgan fingerprint density at radius 2 is 2.24 bits per heavy atom. The second-order valence-electron chi connectivity index (χ2n) is 4.00. The van der Waals surface area contributed by atoms with Gasteiger partial charge < -0.3 is 14.6 Å². The fourth-order valence-corrected chi connectivity index (χ4v) is 1.39. The number of nitrogens with one attached hydrogen (secondary N) is 1. The molecule has 0 saturated carbocycles. The highest BCUT2D eigenvalue weighted by Crippen LogP contribution is 2.10. The Labute approximate surface area is 105 Å². The van der Waals surface area contributed by atoms with Crippen LogP contribution in [0.4, 0.5) is 6.01 Å². The molecular formula is C10H17ClN4O2. The molecular weight excluding hydrogens is 244 g/mol. The number of likely N-dealkylation sites (N-methyl/N-ethyl adjacent to an activating group) is 1. The van der Waals surface area contributed by atoms with Crippen molar-refractivity contribution < 1.29 is 9.21 Å². The topological polar surface area (TPSA) is 71.3 Å². The Balaban J connectivity index is 2.51. The molecule has 1 N–H and O–H groups in total. The Morgan fingerprint density at radius 1 is 1.53 bits per heavy atom. The number of alkyl halides is 1. The SMILES string of the molecule is CC(C)NC(=O)CN(C)c1nnc(CCCl)o1. The first-order valence-electron chi connectivity index (χ1n) is 5.41. The minimum atomic E-state index is -0.0837. The second kappa shape index (κ2) is 6.44. The van der Waals surface area contributed by atoms with Gasteiger partial charge in [-0.15, -0.1) is 16.7 Å². The maximum absolute atomic E-state index is 11.5. The zero-order valence-electron chi connectivity index (χ0n) is 10.2. The van der Waals surface area contributed by atoms with Gasteiger partial charge >= 0.3 is 6.01 Å². The maximum Gasteiger partial charge on any atom is 0.318 e. The van der Waals surface area contributed by atoms with E-state index in [-0.39, 0.29) is 18.5 Å². The van der Waals surface area contributed by atoms with Gasteiger partial charge in [0.1, 0.15) is 6.54 Å². The van der Waals surface area contributed by atoms with E-state index >= 15 is 0 Å². The number of hydrogen-bond acceptors (Lipinski definition) is 5. The molecule has 6 nitrogen and oxygen atoms in total. The van der Waals surface area contributed by atoms with Gasteiger partial charge in [0.05, 0.1) is 0 Å². The summed E-state index contributed by atoms with van der Waals surface area (Å²) in [4.78, 5) is 13.1. The fourth-order valence-electron chi connectivity index (χ4n) is 1.23. The van der Waals surface area contributed by atoms with E-state index in [9.17, 15) is 4.79 Å². The van der Waals surface area contributed by atoms with Crippen molar-refractivity contribution in [2.24, 2.45) is 0 Å². The number of carbonyl (C=O) groups excluding carboxylic acids is 1. The summed E-state index contributed by atoms with van der Waals surface area (Å²) >= 11 is 5.56. The van der Waals surface area contributed by atoms with Crippen LogP contribution in [-0.4, -0.2) is 41.6 Å². The smallest absolute Gasteiger partial charge is 0.318 e.